The van der Waals surface area contributed by atoms with Crippen LogP contribution in [0.25, 0.3) is 11.0 Å². The molecule has 2 aromatic carbocycles. The number of aromatic carboxylic acids is 1. The number of anilines is 1. The lowest BCUT2D eigenvalue weighted by Crippen LogP contribution is -1.99. The molecule has 122 valence electrons. The van der Waals surface area contributed by atoms with E-state index in [0.29, 0.717) is 10.7 Å². The van der Waals surface area contributed by atoms with Crippen LogP contribution in [0.15, 0.2) is 52.0 Å². The lowest BCUT2D eigenvalue weighted by atomic mass is 10.1. The number of para-hydroxylation sites is 1. The summed E-state index contributed by atoms with van der Waals surface area (Å²) >= 11 is 6.07. The number of nitrogens with one attached hydrogen (secondary N) is 1. The minimum absolute atomic E-state index is 0.139. The average Bonchev–Trinajstić information content (AvgIpc) is 2.94. The number of fused-ring (bicyclic) bond motifs is 1. The third kappa shape index (κ3) is 3.12. The second-order valence-corrected chi connectivity index (χ2v) is 5.57. The Bertz CT molecular complexity index is 931. The number of benzene rings is 2. The number of hydrazone groups is 1. The molecule has 1 heterocycles. The van der Waals surface area contributed by atoms with Crippen LogP contribution in [0, 0.1) is 0 Å². The second kappa shape index (κ2) is 6.76. The normalized spacial score (nSPS) is 11.2. The molecule has 0 aliphatic heterocycles. The van der Waals surface area contributed by atoms with Gasteiger partial charge in [0.15, 0.2) is 0 Å². The van der Waals surface area contributed by atoms with Gasteiger partial charge in [0.25, 0.3) is 0 Å². The van der Waals surface area contributed by atoms with E-state index in [0.717, 1.165) is 28.7 Å². The minimum atomic E-state index is -1.02. The van der Waals surface area contributed by atoms with Crippen LogP contribution in [0.5, 0.6) is 0 Å². The Morgan fingerprint density at radius 2 is 2.12 bits per heavy atom. The van der Waals surface area contributed by atoms with Crippen LogP contribution >= 0.6 is 11.6 Å². The van der Waals surface area contributed by atoms with Gasteiger partial charge in [0.1, 0.15) is 11.3 Å². The Morgan fingerprint density at radius 3 is 2.88 bits per heavy atom. The topological polar surface area (TPSA) is 74.8 Å². The Morgan fingerprint density at radius 1 is 1.33 bits per heavy atom. The van der Waals surface area contributed by atoms with Crippen molar-refractivity contribution in [2.45, 2.75) is 13.3 Å². The van der Waals surface area contributed by atoms with Crippen LogP contribution in [0.3, 0.4) is 0 Å². The zero-order valence-electron chi connectivity index (χ0n) is 12.9. The number of halogens is 1. The maximum atomic E-state index is 11.0. The van der Waals surface area contributed by atoms with Gasteiger partial charge in [-0.05, 0) is 24.3 Å². The predicted octanol–water partition coefficient (Wildman–Crippen LogP) is 4.79. The van der Waals surface area contributed by atoms with Crippen molar-refractivity contribution in [2.24, 2.45) is 5.10 Å². The third-order valence-electron chi connectivity index (χ3n) is 3.62. The molecule has 0 amide bonds. The van der Waals surface area contributed by atoms with Crippen molar-refractivity contribution in [1.82, 2.24) is 0 Å². The van der Waals surface area contributed by atoms with Crippen molar-refractivity contribution in [3.05, 3.63) is 64.4 Å². The summed E-state index contributed by atoms with van der Waals surface area (Å²) in [5, 5.41) is 14.6. The summed E-state index contributed by atoms with van der Waals surface area (Å²) in [6.07, 6.45) is 2.40. The highest BCUT2D eigenvalue weighted by atomic mass is 35.5. The van der Waals surface area contributed by atoms with Gasteiger partial charge in [-0.3, -0.25) is 5.43 Å². The van der Waals surface area contributed by atoms with E-state index < -0.39 is 5.97 Å². The van der Waals surface area contributed by atoms with Gasteiger partial charge < -0.3 is 9.52 Å². The highest BCUT2D eigenvalue weighted by Crippen LogP contribution is 2.26. The maximum absolute atomic E-state index is 11.0. The Kier molecular flexibility index (Phi) is 4.53. The van der Waals surface area contributed by atoms with E-state index in [1.54, 1.807) is 6.21 Å². The van der Waals surface area contributed by atoms with Crippen molar-refractivity contribution in [1.29, 1.82) is 0 Å². The fourth-order valence-electron chi connectivity index (χ4n) is 2.43. The largest absolute Gasteiger partial charge is 0.478 e. The molecule has 0 spiro atoms. The van der Waals surface area contributed by atoms with Crippen molar-refractivity contribution >= 4 is 40.4 Å². The molecule has 5 nitrogen and oxygen atoms in total. The molecule has 0 radical (unpaired) electrons. The van der Waals surface area contributed by atoms with Gasteiger partial charge >= 0.3 is 5.97 Å². The number of furan rings is 1. The van der Waals surface area contributed by atoms with Gasteiger partial charge in [-0.2, -0.15) is 5.10 Å². The van der Waals surface area contributed by atoms with E-state index in [9.17, 15) is 4.79 Å². The van der Waals surface area contributed by atoms with Gasteiger partial charge in [0.2, 0.25) is 0 Å². The molecule has 0 bridgehead atoms. The monoisotopic (exact) mass is 342 g/mol. The van der Waals surface area contributed by atoms with Crippen LogP contribution in [-0.2, 0) is 6.42 Å². The fourth-order valence-corrected chi connectivity index (χ4v) is 2.59. The van der Waals surface area contributed by atoms with E-state index in [1.165, 1.54) is 18.2 Å². The Balaban J connectivity index is 1.90. The van der Waals surface area contributed by atoms with Gasteiger partial charge in [-0.15, -0.1) is 0 Å². The van der Waals surface area contributed by atoms with Crippen LogP contribution in [0.1, 0.15) is 28.6 Å². The molecule has 3 rings (SSSR count). The van der Waals surface area contributed by atoms with Gasteiger partial charge in [0.05, 0.1) is 22.5 Å². The highest BCUT2D eigenvalue weighted by Gasteiger charge is 2.11. The quantitative estimate of drug-likeness (QED) is 0.516. The van der Waals surface area contributed by atoms with Crippen molar-refractivity contribution in [3.63, 3.8) is 0 Å². The summed E-state index contributed by atoms with van der Waals surface area (Å²) in [5.41, 5.74) is 5.06. The first-order chi connectivity index (χ1) is 11.6. The van der Waals surface area contributed by atoms with Crippen molar-refractivity contribution in [2.75, 3.05) is 5.43 Å². The van der Waals surface area contributed by atoms with Crippen molar-refractivity contribution < 1.29 is 14.3 Å². The maximum Gasteiger partial charge on any atom is 0.335 e. The second-order valence-electron chi connectivity index (χ2n) is 5.16. The lowest BCUT2D eigenvalue weighted by Gasteiger charge is -2.04. The highest BCUT2D eigenvalue weighted by molar-refractivity contribution is 6.33. The first-order valence-corrected chi connectivity index (χ1v) is 7.80. The number of carboxylic acids is 1. The molecule has 0 fully saturated rings. The molecule has 1 aromatic heterocycles. The fraction of sp³-hybridized carbons (Fsp3) is 0.111. The first kappa shape index (κ1) is 16.1. The van der Waals surface area contributed by atoms with Crippen LogP contribution in [0.4, 0.5) is 5.69 Å². The zero-order valence-corrected chi connectivity index (χ0v) is 13.7. The first-order valence-electron chi connectivity index (χ1n) is 7.42. The number of aryl methyl sites for hydroxylation is 1. The summed E-state index contributed by atoms with van der Waals surface area (Å²) in [6, 6.07) is 12.1. The molecule has 6 heteroatoms. The number of rotatable bonds is 5. The summed E-state index contributed by atoms with van der Waals surface area (Å²) < 4.78 is 5.80. The van der Waals surface area contributed by atoms with E-state index in [2.05, 4.69) is 10.5 Å². The molecule has 3 aromatic rings. The molecule has 0 aliphatic rings. The smallest absolute Gasteiger partial charge is 0.335 e. The molecule has 2 N–H and O–H groups in total. The van der Waals surface area contributed by atoms with Crippen LogP contribution in [0.2, 0.25) is 5.02 Å². The number of nitrogens with zero attached hydrogens (tertiary/aromatic N) is 1. The van der Waals surface area contributed by atoms with E-state index in [-0.39, 0.29) is 5.56 Å². The molecular formula is C18H15ClN2O3. The molecule has 0 atom stereocenters. The van der Waals surface area contributed by atoms with E-state index in [4.69, 9.17) is 21.1 Å². The number of carboxylic acid groups (broad SMARTS) is 1. The Labute approximate surface area is 143 Å². The summed E-state index contributed by atoms with van der Waals surface area (Å²) in [7, 11) is 0. The third-order valence-corrected chi connectivity index (χ3v) is 3.95. The summed E-state index contributed by atoms with van der Waals surface area (Å²) in [4.78, 5) is 11.0. The summed E-state index contributed by atoms with van der Waals surface area (Å²) in [6.45, 7) is 2.01. The van der Waals surface area contributed by atoms with Gasteiger partial charge in [-0.1, -0.05) is 36.7 Å². The Hall–Kier alpha value is -2.79. The molecule has 0 saturated carbocycles. The van der Waals surface area contributed by atoms with Crippen LogP contribution < -0.4 is 5.43 Å². The van der Waals surface area contributed by atoms with E-state index >= 15 is 0 Å². The lowest BCUT2D eigenvalue weighted by molar-refractivity contribution is 0.0697. The number of hydrogen-bond acceptors (Lipinski definition) is 4. The molecule has 24 heavy (non-hydrogen) atoms. The minimum Gasteiger partial charge on any atom is -0.478 e. The molecule has 0 unspecified atom stereocenters. The van der Waals surface area contributed by atoms with Crippen LogP contribution in [-0.4, -0.2) is 17.3 Å². The number of hydrogen-bond donors (Lipinski definition) is 2. The zero-order chi connectivity index (χ0) is 17.1. The number of carbonyl (C=O) groups is 1. The SMILES string of the molecule is CCc1oc2ccccc2c1/C=N\Nc1cc(C(=O)O)ccc1Cl. The summed E-state index contributed by atoms with van der Waals surface area (Å²) in [5.74, 6) is -0.181. The van der Waals surface area contributed by atoms with Crippen molar-refractivity contribution in [3.8, 4) is 0 Å². The van der Waals surface area contributed by atoms with Gasteiger partial charge in [-0.25, -0.2) is 4.79 Å². The van der Waals surface area contributed by atoms with E-state index in [1.807, 2.05) is 31.2 Å². The average molecular weight is 343 g/mol. The van der Waals surface area contributed by atoms with Gasteiger partial charge in [0, 0.05) is 17.4 Å². The predicted molar refractivity (Wildman–Crippen MR) is 95.2 cm³/mol. The molecule has 0 saturated heterocycles. The standard InChI is InChI=1S/C18H15ClN2O3/c1-2-16-13(12-5-3-4-6-17(12)24-16)10-20-21-15-9-11(18(22)23)7-8-14(15)19/h3-10,21H,2H2,1H3,(H,22,23)/b20-10-. The molecular weight excluding hydrogens is 328 g/mol. The molecule has 0 aliphatic carbocycles.